The Bertz CT molecular complexity index is 543. The van der Waals surface area contributed by atoms with Gasteiger partial charge in [0, 0.05) is 0 Å². The SMILES string of the molecule is O=C(O)c1ccccc1Nc1ncc(F)cn1. The van der Waals surface area contributed by atoms with Crippen molar-refractivity contribution in [1.82, 2.24) is 9.97 Å². The first-order valence-electron chi connectivity index (χ1n) is 4.74. The molecule has 0 atom stereocenters. The number of nitrogens with zero attached hydrogens (tertiary/aromatic N) is 2. The number of rotatable bonds is 3. The number of hydrogen-bond acceptors (Lipinski definition) is 4. The normalized spacial score (nSPS) is 9.94. The maximum absolute atomic E-state index is 12.6. The number of anilines is 2. The van der Waals surface area contributed by atoms with Crippen LogP contribution in [0.15, 0.2) is 36.7 Å². The zero-order valence-corrected chi connectivity index (χ0v) is 8.59. The van der Waals surface area contributed by atoms with Crippen molar-refractivity contribution < 1.29 is 14.3 Å². The van der Waals surface area contributed by atoms with E-state index >= 15 is 0 Å². The number of aromatic nitrogens is 2. The molecule has 0 bridgehead atoms. The molecule has 6 heteroatoms. The smallest absolute Gasteiger partial charge is 0.337 e. The lowest BCUT2D eigenvalue weighted by Crippen LogP contribution is -2.04. The summed E-state index contributed by atoms with van der Waals surface area (Å²) in [5, 5.41) is 11.7. The second-order valence-electron chi connectivity index (χ2n) is 3.20. The summed E-state index contributed by atoms with van der Waals surface area (Å²) in [7, 11) is 0. The van der Waals surface area contributed by atoms with Crippen LogP contribution in [-0.4, -0.2) is 21.0 Å². The fraction of sp³-hybridized carbons (Fsp3) is 0. The van der Waals surface area contributed by atoms with E-state index in [4.69, 9.17) is 5.11 Å². The molecule has 5 nitrogen and oxygen atoms in total. The summed E-state index contributed by atoms with van der Waals surface area (Å²) in [6, 6.07) is 6.32. The summed E-state index contributed by atoms with van der Waals surface area (Å²) < 4.78 is 12.6. The summed E-state index contributed by atoms with van der Waals surface area (Å²) in [5.74, 6) is -1.47. The molecule has 0 aliphatic carbocycles. The topological polar surface area (TPSA) is 75.1 Å². The van der Waals surface area contributed by atoms with Crippen molar-refractivity contribution in [3.8, 4) is 0 Å². The molecule has 86 valence electrons. The average molecular weight is 233 g/mol. The Kier molecular flexibility index (Phi) is 2.95. The van der Waals surface area contributed by atoms with Crippen LogP contribution in [0, 0.1) is 5.82 Å². The minimum Gasteiger partial charge on any atom is -0.478 e. The quantitative estimate of drug-likeness (QED) is 0.848. The lowest BCUT2D eigenvalue weighted by Gasteiger charge is -2.07. The van der Waals surface area contributed by atoms with Gasteiger partial charge in [0.1, 0.15) is 0 Å². The van der Waals surface area contributed by atoms with E-state index in [1.54, 1.807) is 18.2 Å². The van der Waals surface area contributed by atoms with Gasteiger partial charge >= 0.3 is 5.97 Å². The van der Waals surface area contributed by atoms with Gasteiger partial charge in [0.25, 0.3) is 0 Å². The summed E-state index contributed by atoms with van der Waals surface area (Å²) in [6.07, 6.45) is 2.00. The van der Waals surface area contributed by atoms with Crippen molar-refractivity contribution in [1.29, 1.82) is 0 Å². The fourth-order valence-electron chi connectivity index (χ4n) is 1.28. The van der Waals surface area contributed by atoms with Gasteiger partial charge in [-0.25, -0.2) is 19.2 Å². The van der Waals surface area contributed by atoms with Crippen molar-refractivity contribution in [2.24, 2.45) is 0 Å². The molecule has 0 unspecified atom stereocenters. The molecule has 1 heterocycles. The Morgan fingerprint density at radius 2 is 1.88 bits per heavy atom. The molecule has 0 fully saturated rings. The zero-order valence-electron chi connectivity index (χ0n) is 8.59. The van der Waals surface area contributed by atoms with Gasteiger partial charge in [0.2, 0.25) is 5.95 Å². The third-order valence-electron chi connectivity index (χ3n) is 2.02. The molecule has 1 aromatic carbocycles. The molecule has 2 rings (SSSR count). The number of carbonyl (C=O) groups is 1. The van der Waals surface area contributed by atoms with E-state index in [2.05, 4.69) is 15.3 Å². The van der Waals surface area contributed by atoms with Crippen molar-refractivity contribution >= 4 is 17.6 Å². The number of halogens is 1. The maximum atomic E-state index is 12.6. The molecule has 2 aromatic rings. The number of carboxylic acid groups (broad SMARTS) is 1. The number of para-hydroxylation sites is 1. The standard InChI is InChI=1S/C11H8FN3O2/c12-7-5-13-11(14-6-7)15-9-4-2-1-3-8(9)10(16)17/h1-6H,(H,16,17)(H,13,14,15). The predicted octanol–water partition coefficient (Wildman–Crippen LogP) is 2.06. The Morgan fingerprint density at radius 1 is 1.24 bits per heavy atom. The van der Waals surface area contributed by atoms with Crippen LogP contribution < -0.4 is 5.32 Å². The van der Waals surface area contributed by atoms with Gasteiger partial charge in [0.05, 0.1) is 23.6 Å². The molecule has 0 aliphatic heterocycles. The summed E-state index contributed by atoms with van der Waals surface area (Å²) in [5.41, 5.74) is 0.451. The second kappa shape index (κ2) is 4.56. The van der Waals surface area contributed by atoms with Gasteiger partial charge in [0.15, 0.2) is 5.82 Å². The van der Waals surface area contributed by atoms with Crippen molar-refractivity contribution in [2.45, 2.75) is 0 Å². The summed E-state index contributed by atoms with van der Waals surface area (Å²) >= 11 is 0. The van der Waals surface area contributed by atoms with Crippen molar-refractivity contribution in [2.75, 3.05) is 5.32 Å². The Balaban J connectivity index is 2.30. The van der Waals surface area contributed by atoms with E-state index in [0.29, 0.717) is 5.69 Å². The van der Waals surface area contributed by atoms with Crippen molar-refractivity contribution in [3.63, 3.8) is 0 Å². The van der Waals surface area contributed by atoms with E-state index in [1.165, 1.54) is 6.07 Å². The number of carboxylic acids is 1. The van der Waals surface area contributed by atoms with Crippen molar-refractivity contribution in [3.05, 3.63) is 48.0 Å². The number of aromatic carboxylic acids is 1. The molecule has 0 saturated carbocycles. The molecule has 0 radical (unpaired) electrons. The van der Waals surface area contributed by atoms with E-state index in [1.807, 2.05) is 0 Å². The highest BCUT2D eigenvalue weighted by Gasteiger charge is 2.09. The summed E-state index contributed by atoms with van der Waals surface area (Å²) in [4.78, 5) is 18.3. The van der Waals surface area contributed by atoms with Crippen LogP contribution in [0.1, 0.15) is 10.4 Å². The minimum absolute atomic E-state index is 0.0976. The molecular formula is C11H8FN3O2. The lowest BCUT2D eigenvalue weighted by atomic mass is 10.2. The Morgan fingerprint density at radius 3 is 2.53 bits per heavy atom. The minimum atomic E-state index is -1.06. The van der Waals surface area contributed by atoms with Crippen LogP contribution in [0.5, 0.6) is 0 Å². The highest BCUT2D eigenvalue weighted by atomic mass is 19.1. The zero-order chi connectivity index (χ0) is 12.3. The van der Waals surface area contributed by atoms with Gasteiger partial charge in [-0.3, -0.25) is 0 Å². The van der Waals surface area contributed by atoms with Crippen LogP contribution >= 0.6 is 0 Å². The van der Waals surface area contributed by atoms with E-state index in [-0.39, 0.29) is 11.5 Å². The van der Waals surface area contributed by atoms with Crippen LogP contribution in [0.3, 0.4) is 0 Å². The van der Waals surface area contributed by atoms with E-state index in [9.17, 15) is 9.18 Å². The van der Waals surface area contributed by atoms with E-state index in [0.717, 1.165) is 12.4 Å². The Labute approximate surface area is 96.0 Å². The number of nitrogens with one attached hydrogen (secondary N) is 1. The molecule has 2 N–H and O–H groups in total. The molecule has 0 spiro atoms. The number of hydrogen-bond donors (Lipinski definition) is 2. The second-order valence-corrected chi connectivity index (χ2v) is 3.20. The van der Waals surface area contributed by atoms with Gasteiger partial charge in [-0.2, -0.15) is 0 Å². The highest BCUT2D eigenvalue weighted by molar-refractivity contribution is 5.94. The molecule has 0 saturated heterocycles. The predicted molar refractivity (Wildman–Crippen MR) is 58.7 cm³/mol. The number of benzene rings is 1. The van der Waals surface area contributed by atoms with E-state index < -0.39 is 11.8 Å². The molecule has 1 aromatic heterocycles. The largest absolute Gasteiger partial charge is 0.478 e. The monoisotopic (exact) mass is 233 g/mol. The van der Waals surface area contributed by atoms with Gasteiger partial charge in [-0.1, -0.05) is 12.1 Å². The van der Waals surface area contributed by atoms with Gasteiger partial charge in [-0.05, 0) is 12.1 Å². The summed E-state index contributed by atoms with van der Waals surface area (Å²) in [6.45, 7) is 0. The molecule has 0 amide bonds. The average Bonchev–Trinajstić information content (AvgIpc) is 2.32. The first-order valence-corrected chi connectivity index (χ1v) is 4.74. The Hall–Kier alpha value is -2.50. The third-order valence-corrected chi connectivity index (χ3v) is 2.02. The molecular weight excluding hydrogens is 225 g/mol. The first kappa shape index (κ1) is 11.0. The maximum Gasteiger partial charge on any atom is 0.337 e. The highest BCUT2D eigenvalue weighted by Crippen LogP contribution is 2.18. The van der Waals surface area contributed by atoms with Crippen LogP contribution in [0.2, 0.25) is 0 Å². The fourth-order valence-corrected chi connectivity index (χ4v) is 1.28. The van der Waals surface area contributed by atoms with Crippen LogP contribution in [0.25, 0.3) is 0 Å². The van der Waals surface area contributed by atoms with Gasteiger partial charge < -0.3 is 10.4 Å². The lowest BCUT2D eigenvalue weighted by molar-refractivity contribution is 0.0698. The molecule has 17 heavy (non-hydrogen) atoms. The van der Waals surface area contributed by atoms with Crippen LogP contribution in [0.4, 0.5) is 16.0 Å². The van der Waals surface area contributed by atoms with Gasteiger partial charge in [-0.15, -0.1) is 0 Å². The third kappa shape index (κ3) is 2.54. The first-order chi connectivity index (χ1) is 8.16. The van der Waals surface area contributed by atoms with Crippen LogP contribution in [-0.2, 0) is 0 Å². The molecule has 0 aliphatic rings.